The number of halogens is 1. The lowest BCUT2D eigenvalue weighted by atomic mass is 10.1. The number of anilines is 1. The van der Waals surface area contributed by atoms with E-state index in [1.54, 1.807) is 6.07 Å². The van der Waals surface area contributed by atoms with Crippen LogP contribution in [0.4, 0.5) is 6.01 Å². The number of hydrogen-bond acceptors (Lipinski definition) is 4. The van der Waals surface area contributed by atoms with Gasteiger partial charge in [0.1, 0.15) is 5.52 Å². The van der Waals surface area contributed by atoms with E-state index >= 15 is 0 Å². The number of rotatable bonds is 1. The van der Waals surface area contributed by atoms with Gasteiger partial charge in [0.2, 0.25) is 0 Å². The zero-order valence-corrected chi connectivity index (χ0v) is 8.13. The summed E-state index contributed by atoms with van der Waals surface area (Å²) in [7, 11) is 0. The third kappa shape index (κ3) is 1.33. The number of benzene rings is 1. The topological polar surface area (TPSA) is 69.1 Å². The minimum Gasteiger partial charge on any atom is -0.422 e. The van der Waals surface area contributed by atoms with Crippen LogP contribution in [0.25, 0.3) is 11.1 Å². The third-order valence-electron chi connectivity index (χ3n) is 1.87. The van der Waals surface area contributed by atoms with Crippen molar-refractivity contribution in [2.75, 3.05) is 5.73 Å². The molecule has 2 aromatic rings. The van der Waals surface area contributed by atoms with Crippen LogP contribution >= 0.6 is 11.6 Å². The van der Waals surface area contributed by atoms with Crippen LogP contribution in [0.5, 0.6) is 0 Å². The summed E-state index contributed by atoms with van der Waals surface area (Å²) in [5.74, 6) is -0.0737. The minimum absolute atomic E-state index is 0.0441. The SMILES string of the molecule is CC(=O)c1cc(Cl)c2oc(N)nc2c1. The first-order chi connectivity index (χ1) is 6.58. The fourth-order valence-electron chi connectivity index (χ4n) is 1.21. The first-order valence-corrected chi connectivity index (χ1v) is 4.32. The summed E-state index contributed by atoms with van der Waals surface area (Å²) in [5.41, 5.74) is 6.77. The highest BCUT2D eigenvalue weighted by Crippen LogP contribution is 2.27. The van der Waals surface area contributed by atoms with Gasteiger partial charge < -0.3 is 10.2 Å². The van der Waals surface area contributed by atoms with Gasteiger partial charge in [0.05, 0.1) is 5.02 Å². The second-order valence-corrected chi connectivity index (χ2v) is 3.32. The number of Topliss-reactive ketones (excluding diaryl/α,β-unsaturated/α-hetero) is 1. The van der Waals surface area contributed by atoms with Gasteiger partial charge >= 0.3 is 0 Å². The number of ketones is 1. The maximum atomic E-state index is 11.1. The molecule has 0 bridgehead atoms. The van der Waals surface area contributed by atoms with Crippen molar-refractivity contribution in [2.45, 2.75) is 6.92 Å². The lowest BCUT2D eigenvalue weighted by molar-refractivity contribution is 0.101. The Kier molecular flexibility index (Phi) is 1.93. The van der Waals surface area contributed by atoms with Crippen molar-refractivity contribution in [2.24, 2.45) is 0 Å². The molecule has 0 unspecified atom stereocenters. The molecule has 0 spiro atoms. The largest absolute Gasteiger partial charge is 0.422 e. The van der Waals surface area contributed by atoms with Crippen LogP contribution in [0.1, 0.15) is 17.3 Å². The molecular weight excluding hydrogens is 204 g/mol. The molecule has 4 nitrogen and oxygen atoms in total. The van der Waals surface area contributed by atoms with E-state index in [1.165, 1.54) is 13.0 Å². The number of nitrogens with two attached hydrogens (primary N) is 1. The Bertz CT molecular complexity index is 519. The van der Waals surface area contributed by atoms with Crippen molar-refractivity contribution in [3.63, 3.8) is 0 Å². The molecule has 0 saturated carbocycles. The van der Waals surface area contributed by atoms with E-state index < -0.39 is 0 Å². The molecule has 1 heterocycles. The van der Waals surface area contributed by atoms with Gasteiger partial charge in [0.15, 0.2) is 11.4 Å². The van der Waals surface area contributed by atoms with E-state index in [1.807, 2.05) is 0 Å². The van der Waals surface area contributed by atoms with Crippen LogP contribution in [-0.4, -0.2) is 10.8 Å². The molecule has 72 valence electrons. The monoisotopic (exact) mass is 210 g/mol. The van der Waals surface area contributed by atoms with E-state index in [0.717, 1.165) is 0 Å². The van der Waals surface area contributed by atoms with E-state index in [-0.39, 0.29) is 11.8 Å². The van der Waals surface area contributed by atoms with Gasteiger partial charge in [-0.2, -0.15) is 4.98 Å². The summed E-state index contributed by atoms with van der Waals surface area (Å²) < 4.78 is 5.06. The Balaban J connectivity index is 2.77. The summed E-state index contributed by atoms with van der Waals surface area (Å²) >= 11 is 5.88. The van der Waals surface area contributed by atoms with Gasteiger partial charge in [-0.15, -0.1) is 0 Å². The first-order valence-electron chi connectivity index (χ1n) is 3.94. The average Bonchev–Trinajstić information content (AvgIpc) is 2.45. The van der Waals surface area contributed by atoms with Crippen molar-refractivity contribution in [1.82, 2.24) is 4.98 Å². The first kappa shape index (κ1) is 9.02. The molecule has 5 heteroatoms. The van der Waals surface area contributed by atoms with Gasteiger partial charge in [-0.1, -0.05) is 11.6 Å². The predicted molar refractivity (Wildman–Crippen MR) is 53.4 cm³/mol. The maximum Gasteiger partial charge on any atom is 0.293 e. The van der Waals surface area contributed by atoms with Crippen LogP contribution in [0.15, 0.2) is 16.5 Å². The van der Waals surface area contributed by atoms with Gasteiger partial charge in [-0.05, 0) is 19.1 Å². The van der Waals surface area contributed by atoms with E-state index in [0.29, 0.717) is 21.7 Å². The van der Waals surface area contributed by atoms with Gasteiger partial charge in [0.25, 0.3) is 6.01 Å². The van der Waals surface area contributed by atoms with Crippen LogP contribution < -0.4 is 5.73 Å². The summed E-state index contributed by atoms with van der Waals surface area (Å²) in [6, 6.07) is 3.18. The van der Waals surface area contributed by atoms with Crippen LogP contribution in [0.2, 0.25) is 5.02 Å². The molecule has 14 heavy (non-hydrogen) atoms. The Morgan fingerprint density at radius 3 is 2.93 bits per heavy atom. The number of aromatic nitrogens is 1. The Hall–Kier alpha value is -1.55. The molecule has 0 amide bonds. The lowest BCUT2D eigenvalue weighted by Gasteiger charge is -1.95. The number of nitrogens with zero attached hydrogens (tertiary/aromatic N) is 1. The molecule has 0 aliphatic rings. The zero-order valence-electron chi connectivity index (χ0n) is 7.37. The van der Waals surface area contributed by atoms with Crippen molar-refractivity contribution in [3.05, 3.63) is 22.7 Å². The third-order valence-corrected chi connectivity index (χ3v) is 2.15. The smallest absolute Gasteiger partial charge is 0.293 e. The highest BCUT2D eigenvalue weighted by atomic mass is 35.5. The predicted octanol–water partition coefficient (Wildman–Crippen LogP) is 2.27. The number of fused-ring (bicyclic) bond motifs is 1. The summed E-state index contributed by atoms with van der Waals surface area (Å²) in [4.78, 5) is 15.0. The molecule has 1 aromatic carbocycles. The normalized spacial score (nSPS) is 10.7. The standard InChI is InChI=1S/C9H7ClN2O2/c1-4(13)5-2-6(10)8-7(3-5)12-9(11)14-8/h2-3H,1H3,(H2,11,12). The summed E-state index contributed by atoms with van der Waals surface area (Å²) in [5, 5.41) is 0.344. The van der Waals surface area contributed by atoms with Gasteiger partial charge in [-0.3, -0.25) is 4.79 Å². The van der Waals surface area contributed by atoms with Crippen molar-refractivity contribution < 1.29 is 9.21 Å². The van der Waals surface area contributed by atoms with E-state index in [9.17, 15) is 4.79 Å². The van der Waals surface area contributed by atoms with Crippen LogP contribution in [0, 0.1) is 0 Å². The number of hydrogen-bond donors (Lipinski definition) is 1. The molecule has 0 aliphatic carbocycles. The molecule has 2 N–H and O–H groups in total. The zero-order chi connectivity index (χ0) is 10.3. The molecule has 1 aromatic heterocycles. The van der Waals surface area contributed by atoms with E-state index in [2.05, 4.69) is 4.98 Å². The molecular formula is C9H7ClN2O2. The van der Waals surface area contributed by atoms with Crippen molar-refractivity contribution in [1.29, 1.82) is 0 Å². The van der Waals surface area contributed by atoms with E-state index in [4.69, 9.17) is 21.8 Å². The van der Waals surface area contributed by atoms with Gasteiger partial charge in [0, 0.05) is 5.56 Å². The highest BCUT2D eigenvalue weighted by molar-refractivity contribution is 6.35. The van der Waals surface area contributed by atoms with Crippen LogP contribution in [0.3, 0.4) is 0 Å². The summed E-state index contributed by atoms with van der Waals surface area (Å²) in [6.45, 7) is 1.46. The minimum atomic E-state index is -0.0737. The molecule has 0 saturated heterocycles. The highest BCUT2D eigenvalue weighted by Gasteiger charge is 2.10. The fraction of sp³-hybridized carbons (Fsp3) is 0.111. The Morgan fingerprint density at radius 1 is 1.57 bits per heavy atom. The van der Waals surface area contributed by atoms with Crippen molar-refractivity contribution >= 4 is 34.5 Å². The number of carbonyl (C=O) groups excluding carboxylic acids is 1. The molecule has 2 rings (SSSR count). The Labute approximate surface area is 84.7 Å². The quantitative estimate of drug-likeness (QED) is 0.733. The average molecular weight is 211 g/mol. The second kappa shape index (κ2) is 2.99. The lowest BCUT2D eigenvalue weighted by Crippen LogP contribution is -1.91. The molecule has 0 fully saturated rings. The number of nitrogen functional groups attached to an aromatic ring is 1. The summed E-state index contributed by atoms with van der Waals surface area (Å²) in [6.07, 6.45) is 0. The van der Waals surface area contributed by atoms with Gasteiger partial charge in [-0.25, -0.2) is 0 Å². The fourth-order valence-corrected chi connectivity index (χ4v) is 1.47. The molecule has 0 aliphatic heterocycles. The maximum absolute atomic E-state index is 11.1. The van der Waals surface area contributed by atoms with Crippen molar-refractivity contribution in [3.8, 4) is 0 Å². The van der Waals surface area contributed by atoms with Crippen LogP contribution in [-0.2, 0) is 0 Å². The molecule has 0 atom stereocenters. The Morgan fingerprint density at radius 2 is 2.29 bits per heavy atom. The number of carbonyl (C=O) groups is 1. The molecule has 0 radical (unpaired) electrons. The number of oxazole rings is 1. The second-order valence-electron chi connectivity index (χ2n) is 2.91.